The van der Waals surface area contributed by atoms with Gasteiger partial charge in [0.25, 0.3) is 5.91 Å². The fraction of sp³-hybridized carbons (Fsp3) is 0.414. The van der Waals surface area contributed by atoms with E-state index in [2.05, 4.69) is 20.1 Å². The average Bonchev–Trinajstić information content (AvgIpc) is 3.41. The molecular formula is C29H33FN6O3. The van der Waals surface area contributed by atoms with Crippen molar-refractivity contribution in [3.05, 3.63) is 59.2 Å². The number of benzene rings is 1. The Morgan fingerprint density at radius 2 is 1.95 bits per heavy atom. The van der Waals surface area contributed by atoms with E-state index in [0.29, 0.717) is 48.7 Å². The molecule has 1 aromatic carbocycles. The third kappa shape index (κ3) is 5.19. The number of methoxy groups -OCH3 is 1. The highest BCUT2D eigenvalue weighted by atomic mass is 19.1. The number of morpholine rings is 1. The number of carbonyl (C=O) groups is 1. The molecule has 3 N–H and O–H groups in total. The Balaban J connectivity index is 1.38. The summed E-state index contributed by atoms with van der Waals surface area (Å²) in [5.41, 5.74) is 11.9. The lowest BCUT2D eigenvalue weighted by Crippen LogP contribution is -2.37. The lowest BCUT2D eigenvalue weighted by molar-refractivity contribution is 0.0946. The molecule has 6 rings (SSSR count). The van der Waals surface area contributed by atoms with Crippen LogP contribution in [0.1, 0.15) is 28.0 Å². The summed E-state index contributed by atoms with van der Waals surface area (Å²) in [6.07, 6.45) is 1.92. The second-order valence-electron chi connectivity index (χ2n) is 10.3. The fourth-order valence-electron chi connectivity index (χ4n) is 5.71. The molecule has 0 unspecified atom stereocenters. The molecule has 2 fully saturated rings. The number of nitrogen functional groups attached to an aromatic ring is 1. The number of aromatic nitrogens is 2. The van der Waals surface area contributed by atoms with E-state index in [1.54, 1.807) is 19.2 Å². The van der Waals surface area contributed by atoms with E-state index in [0.717, 1.165) is 61.5 Å². The van der Waals surface area contributed by atoms with Gasteiger partial charge in [-0.2, -0.15) is 4.39 Å². The standard InChI is InChI=1S/C29H33FN6O3/c1-38-20-7-9-35(16-20)17-25-26(36-10-12-39-13-11-36)5-4-24(33-25)23-15-22(28(31)34-27(23)30)18-2-3-21-19(14-18)6-8-32-29(21)37/h2-5,14-15,20H,6-13,16-17H2,1H3,(H2,31,34)(H,32,37)/t20-/m0/s1. The Hall–Kier alpha value is -3.60. The molecule has 2 aromatic heterocycles. The topological polar surface area (TPSA) is 106 Å². The Kier molecular flexibility index (Phi) is 7.16. The van der Waals surface area contributed by atoms with Crippen molar-refractivity contribution in [1.29, 1.82) is 0 Å². The Bertz CT molecular complexity index is 1390. The predicted molar refractivity (Wildman–Crippen MR) is 147 cm³/mol. The summed E-state index contributed by atoms with van der Waals surface area (Å²) in [7, 11) is 1.75. The first-order chi connectivity index (χ1) is 19.0. The first kappa shape index (κ1) is 25.7. The van der Waals surface area contributed by atoms with Crippen LogP contribution >= 0.6 is 0 Å². The number of carbonyl (C=O) groups excluding carboxylic acids is 1. The molecule has 0 bridgehead atoms. The molecular weight excluding hydrogens is 499 g/mol. The summed E-state index contributed by atoms with van der Waals surface area (Å²) in [5, 5.41) is 2.86. The van der Waals surface area contributed by atoms with Gasteiger partial charge in [0.2, 0.25) is 5.95 Å². The smallest absolute Gasteiger partial charge is 0.251 e. The molecule has 3 aliphatic heterocycles. The third-order valence-electron chi connectivity index (χ3n) is 7.86. The van der Waals surface area contributed by atoms with Gasteiger partial charge in [0.15, 0.2) is 0 Å². The number of hydrogen-bond donors (Lipinski definition) is 2. The average molecular weight is 533 g/mol. The number of pyridine rings is 2. The van der Waals surface area contributed by atoms with Crippen LogP contribution in [0, 0.1) is 5.95 Å². The first-order valence-corrected chi connectivity index (χ1v) is 13.5. The highest BCUT2D eigenvalue weighted by Crippen LogP contribution is 2.34. The molecule has 0 spiro atoms. The van der Waals surface area contributed by atoms with Crippen LogP contribution in [0.15, 0.2) is 36.4 Å². The third-order valence-corrected chi connectivity index (χ3v) is 7.86. The van der Waals surface area contributed by atoms with Crippen LogP contribution in [0.3, 0.4) is 0 Å². The van der Waals surface area contributed by atoms with Gasteiger partial charge in [-0.25, -0.2) is 9.97 Å². The van der Waals surface area contributed by atoms with Crippen LogP contribution in [-0.4, -0.2) is 79.9 Å². The number of hydrogen-bond acceptors (Lipinski definition) is 8. The van der Waals surface area contributed by atoms with Gasteiger partial charge < -0.3 is 25.4 Å². The Morgan fingerprint density at radius 1 is 1.10 bits per heavy atom. The van der Waals surface area contributed by atoms with Gasteiger partial charge in [0, 0.05) is 57.5 Å². The Labute approximate surface area is 227 Å². The highest BCUT2D eigenvalue weighted by Gasteiger charge is 2.26. The van der Waals surface area contributed by atoms with Crippen LogP contribution in [0.2, 0.25) is 0 Å². The van der Waals surface area contributed by atoms with E-state index in [1.165, 1.54) is 0 Å². The second-order valence-corrected chi connectivity index (χ2v) is 10.3. The lowest BCUT2D eigenvalue weighted by Gasteiger charge is -2.31. The molecule has 10 heteroatoms. The maximum atomic E-state index is 15.3. The molecule has 3 aliphatic rings. The molecule has 0 aliphatic carbocycles. The largest absolute Gasteiger partial charge is 0.383 e. The maximum absolute atomic E-state index is 15.3. The van der Waals surface area contributed by atoms with Gasteiger partial charge in [-0.3, -0.25) is 9.69 Å². The first-order valence-electron chi connectivity index (χ1n) is 13.5. The number of nitrogens with two attached hydrogens (primary N) is 1. The monoisotopic (exact) mass is 532 g/mol. The van der Waals surface area contributed by atoms with Crippen molar-refractivity contribution in [2.24, 2.45) is 0 Å². The van der Waals surface area contributed by atoms with Crippen LogP contribution in [0.25, 0.3) is 22.4 Å². The zero-order valence-corrected chi connectivity index (χ0v) is 22.1. The molecule has 204 valence electrons. The molecule has 2 saturated heterocycles. The molecule has 9 nitrogen and oxygen atoms in total. The maximum Gasteiger partial charge on any atom is 0.251 e. The van der Waals surface area contributed by atoms with Gasteiger partial charge in [0.1, 0.15) is 5.82 Å². The van der Waals surface area contributed by atoms with Gasteiger partial charge in [-0.05, 0) is 48.2 Å². The van der Waals surface area contributed by atoms with E-state index < -0.39 is 5.95 Å². The number of fused-ring (bicyclic) bond motifs is 1. The number of nitrogens with one attached hydrogen (secondary N) is 1. The summed E-state index contributed by atoms with van der Waals surface area (Å²) in [5.74, 6) is -0.642. The number of likely N-dealkylation sites (tertiary alicyclic amines) is 1. The minimum Gasteiger partial charge on any atom is -0.383 e. The summed E-state index contributed by atoms with van der Waals surface area (Å²) in [6, 6.07) is 11.2. The summed E-state index contributed by atoms with van der Waals surface area (Å²) in [4.78, 5) is 25.9. The van der Waals surface area contributed by atoms with Crippen LogP contribution in [0.5, 0.6) is 0 Å². The van der Waals surface area contributed by atoms with E-state index >= 15 is 4.39 Å². The summed E-state index contributed by atoms with van der Waals surface area (Å²) in [6.45, 7) is 5.89. The van der Waals surface area contributed by atoms with Crippen molar-refractivity contribution in [3.8, 4) is 22.4 Å². The van der Waals surface area contributed by atoms with E-state index in [1.807, 2.05) is 24.3 Å². The molecule has 5 heterocycles. The van der Waals surface area contributed by atoms with Crippen molar-refractivity contribution >= 4 is 17.4 Å². The normalized spacial score (nSPS) is 19.7. The van der Waals surface area contributed by atoms with E-state index in [9.17, 15) is 4.79 Å². The zero-order valence-electron chi connectivity index (χ0n) is 22.1. The SMILES string of the molecule is CO[C@H]1CCN(Cc2nc(-c3cc(-c4ccc5c(c4)CCNC5=O)c(N)nc3F)ccc2N2CCOCC2)C1. The second kappa shape index (κ2) is 10.9. The number of halogens is 1. The quantitative estimate of drug-likeness (QED) is 0.467. The van der Waals surface area contributed by atoms with Crippen molar-refractivity contribution in [2.45, 2.75) is 25.5 Å². The van der Waals surface area contributed by atoms with Gasteiger partial charge in [-0.15, -0.1) is 0 Å². The van der Waals surface area contributed by atoms with Crippen LogP contribution in [-0.2, 0) is 22.4 Å². The van der Waals surface area contributed by atoms with Crippen molar-refractivity contribution in [3.63, 3.8) is 0 Å². The number of nitrogens with zero attached hydrogens (tertiary/aromatic N) is 4. The molecule has 1 amide bonds. The van der Waals surface area contributed by atoms with Gasteiger partial charge in [-0.1, -0.05) is 12.1 Å². The predicted octanol–water partition coefficient (Wildman–Crippen LogP) is 2.88. The molecule has 1 atom stereocenters. The van der Waals surface area contributed by atoms with Crippen molar-refractivity contribution < 1.29 is 18.7 Å². The van der Waals surface area contributed by atoms with E-state index in [4.69, 9.17) is 20.2 Å². The van der Waals surface area contributed by atoms with Crippen molar-refractivity contribution in [2.75, 3.05) is 63.7 Å². The van der Waals surface area contributed by atoms with E-state index in [-0.39, 0.29) is 17.8 Å². The Morgan fingerprint density at radius 3 is 2.74 bits per heavy atom. The fourth-order valence-corrected chi connectivity index (χ4v) is 5.71. The molecule has 0 radical (unpaired) electrons. The lowest BCUT2D eigenvalue weighted by atomic mass is 9.94. The number of ether oxygens (including phenoxy) is 2. The molecule has 0 saturated carbocycles. The minimum atomic E-state index is -0.660. The minimum absolute atomic E-state index is 0.0828. The molecule has 39 heavy (non-hydrogen) atoms. The molecule has 3 aromatic rings. The van der Waals surface area contributed by atoms with Gasteiger partial charge in [0.05, 0.1) is 42.0 Å². The van der Waals surface area contributed by atoms with Gasteiger partial charge >= 0.3 is 0 Å². The summed E-state index contributed by atoms with van der Waals surface area (Å²) >= 11 is 0. The highest BCUT2D eigenvalue weighted by molar-refractivity contribution is 5.97. The van der Waals surface area contributed by atoms with Crippen LogP contribution in [0.4, 0.5) is 15.9 Å². The summed E-state index contributed by atoms with van der Waals surface area (Å²) < 4.78 is 26.4. The van der Waals surface area contributed by atoms with Crippen molar-refractivity contribution in [1.82, 2.24) is 20.2 Å². The number of amides is 1. The number of anilines is 2. The number of rotatable bonds is 6. The van der Waals surface area contributed by atoms with Crippen LogP contribution < -0.4 is 16.0 Å². The zero-order chi connectivity index (χ0) is 26.9.